The third-order valence-corrected chi connectivity index (χ3v) is 5.99. The summed E-state index contributed by atoms with van der Waals surface area (Å²) in [6, 6.07) is 5.48. The van der Waals surface area contributed by atoms with Crippen LogP contribution in [0, 0.1) is 11.8 Å². The van der Waals surface area contributed by atoms with Crippen molar-refractivity contribution in [2.75, 3.05) is 13.7 Å². The number of pyridine rings is 1. The summed E-state index contributed by atoms with van der Waals surface area (Å²) in [6.45, 7) is 5.48. The molecule has 3 atom stereocenters. The Morgan fingerprint density at radius 2 is 2.03 bits per heavy atom. The average Bonchev–Trinajstić information content (AvgIpc) is 2.72. The van der Waals surface area contributed by atoms with Crippen LogP contribution in [0.4, 0.5) is 4.79 Å². The van der Waals surface area contributed by atoms with Crippen molar-refractivity contribution in [2.24, 2.45) is 11.8 Å². The molecule has 1 aromatic heterocycles. The number of benzene rings is 1. The molecular weight excluding hydrogens is 396 g/mol. The smallest absolute Gasteiger partial charge is 0.407 e. The van der Waals surface area contributed by atoms with Crippen molar-refractivity contribution in [3.05, 3.63) is 30.0 Å². The molecule has 1 heterocycles. The summed E-state index contributed by atoms with van der Waals surface area (Å²) in [4.78, 5) is 16.7. The maximum atomic E-state index is 12.4. The average molecular weight is 431 g/mol. The molecule has 0 bridgehead atoms. The highest BCUT2D eigenvalue weighted by Crippen LogP contribution is 2.36. The number of aliphatic hydroxyl groups excluding tert-OH is 1. The van der Waals surface area contributed by atoms with Gasteiger partial charge in [0.05, 0.1) is 18.8 Å². The highest BCUT2D eigenvalue weighted by atomic mass is 16.6. The number of carbonyl (C=O) groups excluding carboxylic acids is 1. The molecule has 1 aromatic carbocycles. The molecule has 3 unspecified atom stereocenters. The molecule has 31 heavy (non-hydrogen) atoms. The zero-order chi connectivity index (χ0) is 22.6. The van der Waals surface area contributed by atoms with Gasteiger partial charge in [0.2, 0.25) is 0 Å². The predicted molar refractivity (Wildman–Crippen MR) is 119 cm³/mol. The topological polar surface area (TPSA) is 101 Å². The molecule has 0 aliphatic heterocycles. The van der Waals surface area contributed by atoms with Gasteiger partial charge < -0.3 is 25.0 Å². The van der Waals surface area contributed by atoms with E-state index in [9.17, 15) is 15.0 Å². The number of hydrogen-bond acceptors (Lipinski definition) is 6. The van der Waals surface area contributed by atoms with Crippen LogP contribution in [0.25, 0.3) is 10.9 Å². The second-order valence-electron chi connectivity index (χ2n) is 9.35. The molecule has 1 aliphatic rings. The number of aliphatic hydroxyl groups is 1. The van der Waals surface area contributed by atoms with E-state index in [1.165, 1.54) is 6.20 Å². The molecule has 0 saturated heterocycles. The van der Waals surface area contributed by atoms with Crippen LogP contribution in [-0.4, -0.2) is 46.6 Å². The van der Waals surface area contributed by atoms with E-state index in [2.05, 4.69) is 10.3 Å². The molecule has 1 amide bonds. The molecule has 2 aromatic rings. The minimum absolute atomic E-state index is 0.0373. The fraction of sp³-hybridized carbons (Fsp3) is 0.583. The highest BCUT2D eigenvalue weighted by Gasteiger charge is 2.34. The molecule has 0 spiro atoms. The highest BCUT2D eigenvalue weighted by molar-refractivity contribution is 5.85. The van der Waals surface area contributed by atoms with Gasteiger partial charge in [0.15, 0.2) is 0 Å². The number of methoxy groups -OCH3 is 1. The summed E-state index contributed by atoms with van der Waals surface area (Å²) in [6.07, 6.45) is 5.32. The Labute approximate surface area is 183 Å². The van der Waals surface area contributed by atoms with Crippen LogP contribution in [0.15, 0.2) is 24.4 Å². The summed E-state index contributed by atoms with van der Waals surface area (Å²) in [5.74, 6) is 0.748. The van der Waals surface area contributed by atoms with E-state index in [0.717, 1.165) is 42.1 Å². The van der Waals surface area contributed by atoms with Crippen molar-refractivity contribution in [1.82, 2.24) is 10.3 Å². The van der Waals surface area contributed by atoms with E-state index in [1.54, 1.807) is 7.11 Å². The van der Waals surface area contributed by atoms with Crippen LogP contribution in [-0.2, 0) is 11.2 Å². The van der Waals surface area contributed by atoms with Crippen molar-refractivity contribution >= 4 is 17.0 Å². The SMILES string of the molecule is COc1ccc2ncc(O)c(CC(CO)C3CCCCC3NC(=O)OC(C)(C)C)c2c1. The van der Waals surface area contributed by atoms with Gasteiger partial charge in [-0.25, -0.2) is 4.79 Å². The van der Waals surface area contributed by atoms with Crippen molar-refractivity contribution in [1.29, 1.82) is 0 Å². The maximum Gasteiger partial charge on any atom is 0.407 e. The first-order chi connectivity index (χ1) is 14.7. The first kappa shape index (κ1) is 23.1. The number of amides is 1. The zero-order valence-electron chi connectivity index (χ0n) is 18.9. The number of aromatic hydroxyl groups is 1. The van der Waals surface area contributed by atoms with Gasteiger partial charge in [-0.3, -0.25) is 4.98 Å². The quantitative estimate of drug-likeness (QED) is 0.635. The van der Waals surface area contributed by atoms with Gasteiger partial charge in [0.1, 0.15) is 17.1 Å². The number of ether oxygens (including phenoxy) is 2. The Kier molecular flexibility index (Phi) is 7.26. The number of carbonyl (C=O) groups is 1. The molecule has 7 nitrogen and oxygen atoms in total. The Morgan fingerprint density at radius 3 is 2.71 bits per heavy atom. The van der Waals surface area contributed by atoms with Gasteiger partial charge in [-0.1, -0.05) is 12.8 Å². The second-order valence-corrected chi connectivity index (χ2v) is 9.35. The lowest BCUT2D eigenvalue weighted by Crippen LogP contribution is -2.47. The number of aromatic nitrogens is 1. The zero-order valence-corrected chi connectivity index (χ0v) is 18.9. The summed E-state index contributed by atoms with van der Waals surface area (Å²) in [5, 5.41) is 24.7. The van der Waals surface area contributed by atoms with Gasteiger partial charge in [0.25, 0.3) is 0 Å². The first-order valence-electron chi connectivity index (χ1n) is 11.0. The number of fused-ring (bicyclic) bond motifs is 1. The lowest BCUT2D eigenvalue weighted by atomic mass is 9.74. The third kappa shape index (κ3) is 5.79. The van der Waals surface area contributed by atoms with E-state index in [1.807, 2.05) is 39.0 Å². The van der Waals surface area contributed by atoms with Gasteiger partial charge in [-0.15, -0.1) is 0 Å². The molecule has 7 heteroatoms. The van der Waals surface area contributed by atoms with Gasteiger partial charge in [-0.2, -0.15) is 0 Å². The lowest BCUT2D eigenvalue weighted by molar-refractivity contribution is 0.0421. The van der Waals surface area contributed by atoms with Crippen LogP contribution in [0.3, 0.4) is 0 Å². The minimum Gasteiger partial charge on any atom is -0.506 e. The Morgan fingerprint density at radius 1 is 1.29 bits per heavy atom. The molecule has 0 radical (unpaired) electrons. The largest absolute Gasteiger partial charge is 0.506 e. The van der Waals surface area contributed by atoms with Crippen LogP contribution < -0.4 is 10.1 Å². The summed E-state index contributed by atoms with van der Waals surface area (Å²) in [5.41, 5.74) is 0.938. The Balaban J connectivity index is 1.85. The fourth-order valence-electron chi connectivity index (χ4n) is 4.53. The Bertz CT molecular complexity index is 909. The number of alkyl carbamates (subject to hydrolysis) is 1. The monoisotopic (exact) mass is 430 g/mol. The molecule has 3 rings (SSSR count). The van der Waals surface area contributed by atoms with Crippen LogP contribution in [0.1, 0.15) is 52.0 Å². The van der Waals surface area contributed by atoms with Gasteiger partial charge >= 0.3 is 6.09 Å². The summed E-state index contributed by atoms with van der Waals surface area (Å²) in [7, 11) is 1.60. The summed E-state index contributed by atoms with van der Waals surface area (Å²) >= 11 is 0. The van der Waals surface area contributed by atoms with Crippen molar-refractivity contribution in [2.45, 2.75) is 64.5 Å². The Hall–Kier alpha value is -2.54. The van der Waals surface area contributed by atoms with Crippen LogP contribution >= 0.6 is 0 Å². The normalized spacial score (nSPS) is 20.3. The van der Waals surface area contributed by atoms with E-state index in [4.69, 9.17) is 9.47 Å². The summed E-state index contributed by atoms with van der Waals surface area (Å²) < 4.78 is 10.8. The molecular formula is C24H34N2O5. The standard InChI is InChI=1S/C24H34N2O5/c1-24(2,3)31-23(29)26-21-8-6-5-7-17(21)15(14-27)11-19-18-12-16(30-4)9-10-20(18)25-13-22(19)28/h9-10,12-13,15,17,21,27-28H,5-8,11,14H2,1-4H3,(H,26,29). The van der Waals surface area contributed by atoms with E-state index >= 15 is 0 Å². The molecule has 170 valence electrons. The number of hydrogen-bond donors (Lipinski definition) is 3. The molecule has 3 N–H and O–H groups in total. The number of nitrogens with one attached hydrogen (secondary N) is 1. The first-order valence-corrected chi connectivity index (χ1v) is 11.0. The van der Waals surface area contributed by atoms with Gasteiger partial charge in [0, 0.05) is 23.6 Å². The molecule has 1 fully saturated rings. The fourth-order valence-corrected chi connectivity index (χ4v) is 4.53. The van der Waals surface area contributed by atoms with E-state index < -0.39 is 11.7 Å². The number of rotatable bonds is 6. The van der Waals surface area contributed by atoms with Crippen LogP contribution in [0.5, 0.6) is 11.5 Å². The van der Waals surface area contributed by atoms with Crippen molar-refractivity contribution < 1.29 is 24.5 Å². The number of nitrogens with zero attached hydrogens (tertiary/aromatic N) is 1. The minimum atomic E-state index is -0.564. The third-order valence-electron chi connectivity index (χ3n) is 5.99. The maximum absolute atomic E-state index is 12.4. The van der Waals surface area contributed by atoms with Crippen molar-refractivity contribution in [3.8, 4) is 11.5 Å². The van der Waals surface area contributed by atoms with Gasteiger partial charge in [-0.05, 0) is 70.1 Å². The van der Waals surface area contributed by atoms with Crippen molar-refractivity contribution in [3.63, 3.8) is 0 Å². The molecule has 1 aliphatic carbocycles. The van der Waals surface area contributed by atoms with E-state index in [0.29, 0.717) is 12.2 Å². The van der Waals surface area contributed by atoms with E-state index in [-0.39, 0.29) is 30.2 Å². The second kappa shape index (κ2) is 9.73. The lowest BCUT2D eigenvalue weighted by Gasteiger charge is -2.37. The predicted octanol–water partition coefficient (Wildman–Crippen LogP) is 4.18. The molecule has 1 saturated carbocycles. The van der Waals surface area contributed by atoms with Crippen LogP contribution in [0.2, 0.25) is 0 Å².